The summed E-state index contributed by atoms with van der Waals surface area (Å²) in [7, 11) is 1.63. The van der Waals surface area contributed by atoms with Crippen molar-refractivity contribution >= 4 is 34.6 Å². The molecule has 0 atom stereocenters. The summed E-state index contributed by atoms with van der Waals surface area (Å²) in [5.74, 6) is 2.70. The van der Waals surface area contributed by atoms with E-state index in [-0.39, 0.29) is 5.69 Å². The minimum absolute atomic E-state index is 0.0455. The maximum Gasteiger partial charge on any atom is 0.269 e. The van der Waals surface area contributed by atoms with E-state index in [1.165, 1.54) is 18.6 Å². The first kappa shape index (κ1) is 20.4. The number of nitro groups is 1. The molecule has 2 heterocycles. The number of benzene rings is 2. The number of aromatic nitrogens is 2. The van der Waals surface area contributed by atoms with E-state index in [1.807, 2.05) is 30.3 Å². The first-order valence-corrected chi connectivity index (χ1v) is 10.2. The molecule has 31 heavy (non-hydrogen) atoms. The molecule has 2 aromatic carbocycles. The van der Waals surface area contributed by atoms with Crippen molar-refractivity contribution < 1.29 is 9.66 Å². The maximum absolute atomic E-state index is 10.9. The second-order valence-electron chi connectivity index (χ2n) is 7.27. The van der Waals surface area contributed by atoms with Gasteiger partial charge in [0.2, 0.25) is 5.95 Å². The lowest BCUT2D eigenvalue weighted by Crippen LogP contribution is -2.30. The SMILES string of the molecule is COc1ccc(Nc2nc(Nc3ccc([N+](=O)[O-])cc3)cc(N3CCCCC3)n2)cc1. The van der Waals surface area contributed by atoms with Crippen molar-refractivity contribution in [2.45, 2.75) is 19.3 Å². The summed E-state index contributed by atoms with van der Waals surface area (Å²) in [6, 6.07) is 15.7. The fourth-order valence-electron chi connectivity index (χ4n) is 3.46. The molecule has 160 valence electrons. The van der Waals surface area contributed by atoms with Gasteiger partial charge in [0.05, 0.1) is 12.0 Å². The molecule has 1 saturated heterocycles. The van der Waals surface area contributed by atoms with Crippen LogP contribution < -0.4 is 20.3 Å². The normalized spacial score (nSPS) is 13.5. The predicted octanol–water partition coefficient (Wildman–Crippen LogP) is 4.87. The number of non-ortho nitro benzene ring substituents is 1. The first-order chi connectivity index (χ1) is 15.1. The molecule has 0 radical (unpaired) electrons. The van der Waals surface area contributed by atoms with E-state index in [9.17, 15) is 10.1 Å². The van der Waals surface area contributed by atoms with Gasteiger partial charge in [-0.2, -0.15) is 9.97 Å². The molecule has 0 amide bonds. The third-order valence-electron chi connectivity index (χ3n) is 5.09. The molecule has 0 aliphatic carbocycles. The van der Waals surface area contributed by atoms with Gasteiger partial charge in [-0.05, 0) is 55.7 Å². The Balaban J connectivity index is 1.60. The summed E-state index contributed by atoms with van der Waals surface area (Å²) in [4.78, 5) is 22.0. The van der Waals surface area contributed by atoms with Gasteiger partial charge in [-0.25, -0.2) is 0 Å². The highest BCUT2D eigenvalue weighted by Gasteiger charge is 2.15. The van der Waals surface area contributed by atoms with Gasteiger partial charge in [-0.15, -0.1) is 0 Å². The second-order valence-corrected chi connectivity index (χ2v) is 7.27. The van der Waals surface area contributed by atoms with Crippen molar-refractivity contribution in [3.8, 4) is 5.75 Å². The number of hydrogen-bond acceptors (Lipinski definition) is 8. The molecule has 1 aliphatic rings. The molecule has 0 bridgehead atoms. The van der Waals surface area contributed by atoms with Gasteiger partial charge in [0.15, 0.2) is 0 Å². The Morgan fingerprint density at radius 3 is 2.23 bits per heavy atom. The van der Waals surface area contributed by atoms with E-state index in [1.54, 1.807) is 19.2 Å². The summed E-state index contributed by atoms with van der Waals surface area (Å²) < 4.78 is 5.21. The average Bonchev–Trinajstić information content (AvgIpc) is 2.80. The number of anilines is 5. The van der Waals surface area contributed by atoms with Gasteiger partial charge in [0.1, 0.15) is 17.4 Å². The highest BCUT2D eigenvalue weighted by molar-refractivity contribution is 5.65. The zero-order valence-corrected chi connectivity index (χ0v) is 17.2. The summed E-state index contributed by atoms with van der Waals surface area (Å²) in [6.45, 7) is 1.91. The van der Waals surface area contributed by atoms with Crippen LogP contribution in [0.15, 0.2) is 54.6 Å². The molecule has 0 unspecified atom stereocenters. The van der Waals surface area contributed by atoms with Crippen LogP contribution in [0, 0.1) is 10.1 Å². The van der Waals surface area contributed by atoms with E-state index >= 15 is 0 Å². The number of rotatable bonds is 7. The topological polar surface area (TPSA) is 105 Å². The average molecular weight is 420 g/mol. The van der Waals surface area contributed by atoms with Crippen molar-refractivity contribution in [2.24, 2.45) is 0 Å². The van der Waals surface area contributed by atoms with Gasteiger partial charge in [-0.1, -0.05) is 0 Å². The smallest absolute Gasteiger partial charge is 0.269 e. The number of methoxy groups -OCH3 is 1. The molecule has 0 spiro atoms. The number of piperidine rings is 1. The van der Waals surface area contributed by atoms with Gasteiger partial charge in [0, 0.05) is 42.7 Å². The van der Waals surface area contributed by atoms with E-state index in [0.717, 1.165) is 43.2 Å². The predicted molar refractivity (Wildman–Crippen MR) is 121 cm³/mol. The van der Waals surface area contributed by atoms with Crippen LogP contribution in [0.4, 0.5) is 34.6 Å². The molecule has 2 N–H and O–H groups in total. The Morgan fingerprint density at radius 2 is 1.58 bits per heavy atom. The summed E-state index contributed by atoms with van der Waals surface area (Å²) in [5.41, 5.74) is 1.60. The zero-order chi connectivity index (χ0) is 21.6. The van der Waals surface area contributed by atoms with E-state index in [2.05, 4.69) is 20.5 Å². The molecular formula is C22H24N6O3. The summed E-state index contributed by atoms with van der Waals surface area (Å²) >= 11 is 0. The minimum atomic E-state index is -0.417. The highest BCUT2D eigenvalue weighted by Crippen LogP contribution is 2.26. The number of nitrogens with one attached hydrogen (secondary N) is 2. The Kier molecular flexibility index (Phi) is 6.11. The maximum atomic E-state index is 10.9. The van der Waals surface area contributed by atoms with Crippen LogP contribution in [-0.2, 0) is 0 Å². The molecule has 1 aliphatic heterocycles. The number of hydrogen-bond donors (Lipinski definition) is 2. The lowest BCUT2D eigenvalue weighted by Gasteiger charge is -2.28. The lowest BCUT2D eigenvalue weighted by molar-refractivity contribution is -0.384. The molecule has 4 rings (SSSR count). The van der Waals surface area contributed by atoms with Crippen molar-refractivity contribution in [1.82, 2.24) is 9.97 Å². The van der Waals surface area contributed by atoms with Crippen LogP contribution in [0.3, 0.4) is 0 Å². The Bertz CT molecular complexity index is 1030. The molecule has 0 saturated carbocycles. The van der Waals surface area contributed by atoms with Crippen LogP contribution in [0.1, 0.15) is 19.3 Å². The molecule has 3 aromatic rings. The monoisotopic (exact) mass is 420 g/mol. The van der Waals surface area contributed by atoms with Crippen molar-refractivity contribution in [1.29, 1.82) is 0 Å². The summed E-state index contributed by atoms with van der Waals surface area (Å²) in [5, 5.41) is 17.4. The lowest BCUT2D eigenvalue weighted by atomic mass is 10.1. The van der Waals surface area contributed by atoms with Crippen molar-refractivity contribution in [3.05, 3.63) is 64.7 Å². The fourth-order valence-corrected chi connectivity index (χ4v) is 3.46. The van der Waals surface area contributed by atoms with Crippen LogP contribution in [0.5, 0.6) is 5.75 Å². The van der Waals surface area contributed by atoms with Crippen LogP contribution in [0.25, 0.3) is 0 Å². The van der Waals surface area contributed by atoms with Gasteiger partial charge in [0.25, 0.3) is 5.69 Å². The van der Waals surface area contributed by atoms with Crippen LogP contribution in [0.2, 0.25) is 0 Å². The highest BCUT2D eigenvalue weighted by atomic mass is 16.6. The Hall–Kier alpha value is -3.88. The zero-order valence-electron chi connectivity index (χ0n) is 17.2. The second kappa shape index (κ2) is 9.29. The largest absolute Gasteiger partial charge is 0.497 e. The standard InChI is InChI=1S/C22H24N6O3/c1-31-19-11-7-17(8-12-19)24-22-25-20(15-21(26-22)27-13-3-2-4-14-27)23-16-5-9-18(10-6-16)28(29)30/h5-12,15H,2-4,13-14H2,1H3,(H2,23,24,25,26). The van der Waals surface area contributed by atoms with E-state index < -0.39 is 4.92 Å². The van der Waals surface area contributed by atoms with Crippen LogP contribution >= 0.6 is 0 Å². The van der Waals surface area contributed by atoms with Gasteiger partial charge in [-0.3, -0.25) is 10.1 Å². The number of nitro benzene ring substituents is 1. The number of ether oxygens (including phenoxy) is 1. The molecular weight excluding hydrogens is 396 g/mol. The Morgan fingerprint density at radius 1 is 0.935 bits per heavy atom. The molecule has 1 fully saturated rings. The third kappa shape index (κ3) is 5.19. The van der Waals surface area contributed by atoms with Crippen LogP contribution in [-0.4, -0.2) is 35.1 Å². The minimum Gasteiger partial charge on any atom is -0.497 e. The van der Waals surface area contributed by atoms with Gasteiger partial charge < -0.3 is 20.3 Å². The van der Waals surface area contributed by atoms with Gasteiger partial charge >= 0.3 is 0 Å². The molecule has 9 heteroatoms. The quantitative estimate of drug-likeness (QED) is 0.412. The summed E-state index contributed by atoms with van der Waals surface area (Å²) in [6.07, 6.45) is 3.50. The molecule has 1 aromatic heterocycles. The van der Waals surface area contributed by atoms with Crippen molar-refractivity contribution in [2.75, 3.05) is 35.7 Å². The fraction of sp³-hybridized carbons (Fsp3) is 0.273. The Labute approximate surface area is 180 Å². The number of nitrogens with zero attached hydrogens (tertiary/aromatic N) is 4. The van der Waals surface area contributed by atoms with Crippen molar-refractivity contribution in [3.63, 3.8) is 0 Å². The van der Waals surface area contributed by atoms with E-state index in [0.29, 0.717) is 17.5 Å². The first-order valence-electron chi connectivity index (χ1n) is 10.2. The third-order valence-corrected chi connectivity index (χ3v) is 5.09. The van der Waals surface area contributed by atoms with E-state index in [4.69, 9.17) is 9.72 Å². The molecule has 9 nitrogen and oxygen atoms in total.